The summed E-state index contributed by atoms with van der Waals surface area (Å²) in [5, 5.41) is 15.8. The monoisotopic (exact) mass is 294 g/mol. The zero-order chi connectivity index (χ0) is 16.9. The van der Waals surface area contributed by atoms with E-state index in [0.29, 0.717) is 0 Å². The quantitative estimate of drug-likeness (QED) is 0.278. The van der Waals surface area contributed by atoms with E-state index in [1.807, 2.05) is 0 Å². The molecule has 10 N–H and O–H groups in total. The highest BCUT2D eigenvalue weighted by Crippen LogP contribution is 1.86. The first-order valence-electron chi connectivity index (χ1n) is 4.53. The fourth-order valence-electron chi connectivity index (χ4n) is 0.214. The van der Waals surface area contributed by atoms with Crippen LogP contribution in [0.1, 0.15) is 12.8 Å². The van der Waals surface area contributed by atoms with Gasteiger partial charge in [-0.3, -0.25) is 28.8 Å². The number of carboxylic acid groups (broad SMARTS) is 2. The van der Waals surface area contributed by atoms with Gasteiger partial charge in [-0.15, -0.1) is 0 Å². The average Bonchev–Trinajstić information content (AvgIpc) is 2.27. The molecule has 12 nitrogen and oxygen atoms in total. The summed E-state index contributed by atoms with van der Waals surface area (Å²) >= 11 is 0. The SMILES string of the molecule is NC(=O)C(N)=O.NC(=O)C(N)=O.O=C(O)CCC(=O)O. The molecule has 0 radical (unpaired) electrons. The van der Waals surface area contributed by atoms with E-state index in [-0.39, 0.29) is 12.8 Å². The summed E-state index contributed by atoms with van der Waals surface area (Å²) in [6.07, 6.45) is -0.593. The van der Waals surface area contributed by atoms with Gasteiger partial charge >= 0.3 is 35.6 Å². The van der Waals surface area contributed by atoms with Gasteiger partial charge in [0, 0.05) is 0 Å². The first kappa shape index (κ1) is 22.0. The van der Waals surface area contributed by atoms with Crippen LogP contribution in [0.25, 0.3) is 0 Å². The Balaban J connectivity index is -0.000000221. The third-order valence-electron chi connectivity index (χ3n) is 1.04. The maximum Gasteiger partial charge on any atom is 0.306 e. The van der Waals surface area contributed by atoms with Gasteiger partial charge in [0.05, 0.1) is 12.8 Å². The number of hydrogen-bond donors (Lipinski definition) is 6. The van der Waals surface area contributed by atoms with Crippen molar-refractivity contribution in [1.29, 1.82) is 0 Å². The zero-order valence-electron chi connectivity index (χ0n) is 10.1. The summed E-state index contributed by atoms with van der Waals surface area (Å²) in [5.41, 5.74) is 17.3. The van der Waals surface area contributed by atoms with Crippen molar-refractivity contribution in [2.45, 2.75) is 12.8 Å². The average molecular weight is 294 g/mol. The van der Waals surface area contributed by atoms with Gasteiger partial charge in [0.2, 0.25) is 0 Å². The second-order valence-corrected chi connectivity index (χ2v) is 2.74. The molecule has 0 saturated carbocycles. The molecule has 0 aliphatic rings. The molecule has 0 aromatic carbocycles. The topological polar surface area (TPSA) is 247 Å². The maximum absolute atomic E-state index is 9.64. The van der Waals surface area contributed by atoms with E-state index in [4.69, 9.17) is 10.2 Å². The normalized spacial score (nSPS) is 7.80. The summed E-state index contributed by atoms with van der Waals surface area (Å²) in [6.45, 7) is 0. The second kappa shape index (κ2) is 12.3. The van der Waals surface area contributed by atoms with Crippen molar-refractivity contribution in [3.8, 4) is 0 Å². The molecule has 0 rings (SSSR count). The number of aliphatic carboxylic acids is 2. The predicted octanol–water partition coefficient (Wildman–Crippen LogP) is -4.15. The summed E-state index contributed by atoms with van der Waals surface area (Å²) in [4.78, 5) is 57.1. The summed E-state index contributed by atoms with van der Waals surface area (Å²) in [5.74, 6) is -6.56. The van der Waals surface area contributed by atoms with Crippen molar-refractivity contribution >= 4 is 35.6 Å². The third-order valence-corrected chi connectivity index (χ3v) is 1.04. The van der Waals surface area contributed by atoms with E-state index in [9.17, 15) is 28.8 Å². The largest absolute Gasteiger partial charge is 0.481 e. The Hall–Kier alpha value is -3.18. The van der Waals surface area contributed by atoms with Crippen LogP contribution in [0.3, 0.4) is 0 Å². The molecule has 0 fully saturated rings. The van der Waals surface area contributed by atoms with Crippen molar-refractivity contribution < 1.29 is 39.0 Å². The molecule has 4 amide bonds. The van der Waals surface area contributed by atoms with Gasteiger partial charge in [-0.1, -0.05) is 0 Å². The first-order chi connectivity index (χ1) is 8.91. The zero-order valence-corrected chi connectivity index (χ0v) is 10.1. The molecule has 0 heterocycles. The molecular formula is C8H14N4O8. The molecule has 0 aliphatic heterocycles. The lowest BCUT2D eigenvalue weighted by molar-refractivity contribution is -0.143. The summed E-state index contributed by atoms with van der Waals surface area (Å²) in [7, 11) is 0. The van der Waals surface area contributed by atoms with Gasteiger partial charge in [-0.25, -0.2) is 0 Å². The van der Waals surface area contributed by atoms with Crippen LogP contribution in [-0.2, 0) is 28.8 Å². The molecule has 0 atom stereocenters. The van der Waals surface area contributed by atoms with Crippen LogP contribution in [0.15, 0.2) is 0 Å². The standard InChI is InChI=1S/C4H6O4.2C2H4N2O2/c5-3(6)1-2-4(7)8;2*3-1(5)2(4)6/h1-2H2,(H,5,6)(H,7,8);2*(H2,3,5)(H2,4,6). The highest BCUT2D eigenvalue weighted by atomic mass is 16.4. The van der Waals surface area contributed by atoms with Crippen molar-refractivity contribution in [2.24, 2.45) is 22.9 Å². The van der Waals surface area contributed by atoms with Gasteiger partial charge in [0.25, 0.3) is 0 Å². The number of carbonyl (C=O) groups is 6. The molecule has 0 aromatic rings. The highest BCUT2D eigenvalue weighted by molar-refractivity contribution is 6.34. The Labute approximate surface area is 111 Å². The van der Waals surface area contributed by atoms with Gasteiger partial charge in [-0.05, 0) is 0 Å². The fraction of sp³-hybridized carbons (Fsp3) is 0.250. The highest BCUT2D eigenvalue weighted by Gasteiger charge is 2.00. The molecule has 0 saturated heterocycles. The Bertz CT molecular complexity index is 343. The van der Waals surface area contributed by atoms with Crippen LogP contribution in [-0.4, -0.2) is 45.8 Å². The molecule has 12 heteroatoms. The van der Waals surface area contributed by atoms with Crippen LogP contribution in [0.4, 0.5) is 0 Å². The molecule has 0 aliphatic carbocycles. The number of carbonyl (C=O) groups excluding carboxylic acids is 4. The lowest BCUT2D eigenvalue weighted by Gasteiger charge is -1.85. The lowest BCUT2D eigenvalue weighted by Crippen LogP contribution is -2.29. The summed E-state index contributed by atoms with van der Waals surface area (Å²) in [6, 6.07) is 0. The molecule has 0 spiro atoms. The van der Waals surface area contributed by atoms with Crippen molar-refractivity contribution in [1.82, 2.24) is 0 Å². The second-order valence-electron chi connectivity index (χ2n) is 2.74. The third kappa shape index (κ3) is 29.4. The Kier molecular flexibility index (Phi) is 13.5. The number of rotatable bonds is 3. The van der Waals surface area contributed by atoms with Crippen molar-refractivity contribution in [2.75, 3.05) is 0 Å². The van der Waals surface area contributed by atoms with E-state index >= 15 is 0 Å². The predicted molar refractivity (Wildman–Crippen MR) is 61.3 cm³/mol. The van der Waals surface area contributed by atoms with Crippen molar-refractivity contribution in [3.05, 3.63) is 0 Å². The molecule has 20 heavy (non-hydrogen) atoms. The van der Waals surface area contributed by atoms with Crippen LogP contribution in [0, 0.1) is 0 Å². The van der Waals surface area contributed by atoms with Gasteiger partial charge in [0.15, 0.2) is 0 Å². The van der Waals surface area contributed by atoms with Crippen LogP contribution in [0.5, 0.6) is 0 Å². The van der Waals surface area contributed by atoms with E-state index in [0.717, 1.165) is 0 Å². The van der Waals surface area contributed by atoms with Gasteiger partial charge < -0.3 is 33.1 Å². The van der Waals surface area contributed by atoms with E-state index < -0.39 is 35.6 Å². The lowest BCUT2D eigenvalue weighted by atomic mass is 10.3. The number of hydrogen-bond acceptors (Lipinski definition) is 6. The minimum atomic E-state index is -1.10. The smallest absolute Gasteiger partial charge is 0.306 e. The van der Waals surface area contributed by atoms with E-state index in [1.54, 1.807) is 0 Å². The van der Waals surface area contributed by atoms with E-state index in [1.165, 1.54) is 0 Å². The Morgan fingerprint density at radius 3 is 0.750 bits per heavy atom. The number of nitrogens with two attached hydrogens (primary N) is 4. The molecule has 0 bridgehead atoms. The molecule has 114 valence electrons. The van der Waals surface area contributed by atoms with E-state index in [2.05, 4.69) is 22.9 Å². The number of carboxylic acids is 2. The Morgan fingerprint density at radius 1 is 0.550 bits per heavy atom. The van der Waals surface area contributed by atoms with Crippen LogP contribution in [0.2, 0.25) is 0 Å². The number of primary amides is 4. The van der Waals surface area contributed by atoms with Gasteiger partial charge in [0.1, 0.15) is 0 Å². The maximum atomic E-state index is 9.64. The number of amides is 4. The molecule has 0 unspecified atom stereocenters. The first-order valence-corrected chi connectivity index (χ1v) is 4.53. The van der Waals surface area contributed by atoms with Crippen LogP contribution >= 0.6 is 0 Å². The van der Waals surface area contributed by atoms with Crippen molar-refractivity contribution in [3.63, 3.8) is 0 Å². The summed E-state index contributed by atoms with van der Waals surface area (Å²) < 4.78 is 0. The Morgan fingerprint density at radius 2 is 0.700 bits per heavy atom. The van der Waals surface area contributed by atoms with Gasteiger partial charge in [-0.2, -0.15) is 0 Å². The minimum absolute atomic E-state index is 0.296. The molecular weight excluding hydrogens is 280 g/mol. The minimum Gasteiger partial charge on any atom is -0.481 e. The molecule has 0 aromatic heterocycles. The fourth-order valence-corrected chi connectivity index (χ4v) is 0.214. The van der Waals surface area contributed by atoms with Crippen LogP contribution < -0.4 is 22.9 Å².